The van der Waals surface area contributed by atoms with Crippen LogP contribution in [-0.2, 0) is 0 Å². The lowest BCUT2D eigenvalue weighted by Gasteiger charge is -2.08. The van der Waals surface area contributed by atoms with Crippen molar-refractivity contribution in [1.82, 2.24) is 20.6 Å². The number of hydrazine groups is 1. The van der Waals surface area contributed by atoms with E-state index in [9.17, 15) is 14.0 Å². The quantitative estimate of drug-likeness (QED) is 0.694. The van der Waals surface area contributed by atoms with Crippen molar-refractivity contribution in [3.63, 3.8) is 0 Å². The van der Waals surface area contributed by atoms with E-state index >= 15 is 0 Å². The van der Waals surface area contributed by atoms with Gasteiger partial charge in [0.1, 0.15) is 11.5 Å². The Kier molecular flexibility index (Phi) is 4.99. The van der Waals surface area contributed by atoms with Crippen molar-refractivity contribution in [3.05, 3.63) is 82.4 Å². The molecule has 26 heavy (non-hydrogen) atoms. The number of nitrogens with one attached hydrogen (secondary N) is 2. The molecule has 0 fully saturated rings. The van der Waals surface area contributed by atoms with E-state index in [1.54, 1.807) is 37.3 Å². The molecule has 1 heterocycles. The first-order valence-corrected chi connectivity index (χ1v) is 8.01. The van der Waals surface area contributed by atoms with Gasteiger partial charge in [-0.15, -0.1) is 0 Å². The number of rotatable bonds is 3. The van der Waals surface area contributed by atoms with Crippen molar-refractivity contribution in [3.8, 4) is 5.69 Å². The second kappa shape index (κ2) is 7.37. The van der Waals surface area contributed by atoms with Crippen molar-refractivity contribution in [2.75, 3.05) is 0 Å². The second-order valence-corrected chi connectivity index (χ2v) is 5.86. The van der Waals surface area contributed by atoms with Crippen LogP contribution in [-0.4, -0.2) is 21.6 Å². The average molecular weight is 373 g/mol. The van der Waals surface area contributed by atoms with Crippen molar-refractivity contribution in [1.29, 1.82) is 0 Å². The van der Waals surface area contributed by atoms with Crippen LogP contribution in [0, 0.1) is 12.7 Å². The summed E-state index contributed by atoms with van der Waals surface area (Å²) >= 11 is 5.77. The maximum absolute atomic E-state index is 13.9. The molecule has 0 spiro atoms. The van der Waals surface area contributed by atoms with Gasteiger partial charge in [-0.05, 0) is 43.3 Å². The van der Waals surface area contributed by atoms with Gasteiger partial charge in [0.2, 0.25) is 0 Å². The van der Waals surface area contributed by atoms with Gasteiger partial charge in [0, 0.05) is 10.6 Å². The number of amides is 2. The van der Waals surface area contributed by atoms with Crippen LogP contribution in [0.1, 0.15) is 26.4 Å². The zero-order chi connectivity index (χ0) is 18.7. The van der Waals surface area contributed by atoms with Gasteiger partial charge < -0.3 is 0 Å². The average Bonchev–Trinajstić information content (AvgIpc) is 3.02. The molecule has 2 amide bonds. The van der Waals surface area contributed by atoms with Gasteiger partial charge in [-0.25, -0.2) is 9.07 Å². The first kappa shape index (κ1) is 17.6. The normalized spacial score (nSPS) is 10.4. The van der Waals surface area contributed by atoms with Crippen molar-refractivity contribution in [2.45, 2.75) is 6.92 Å². The number of halogens is 2. The third-order valence-electron chi connectivity index (χ3n) is 3.73. The summed E-state index contributed by atoms with van der Waals surface area (Å²) in [6.45, 7) is 1.63. The van der Waals surface area contributed by atoms with Crippen molar-refractivity contribution in [2.24, 2.45) is 0 Å². The highest BCUT2D eigenvalue weighted by Crippen LogP contribution is 2.17. The van der Waals surface area contributed by atoms with Crippen LogP contribution < -0.4 is 10.9 Å². The number of hydrogen-bond donors (Lipinski definition) is 2. The maximum atomic E-state index is 13.9. The molecule has 2 aromatic carbocycles. The maximum Gasteiger partial charge on any atom is 0.273 e. The van der Waals surface area contributed by atoms with Crippen LogP contribution in [0.25, 0.3) is 5.69 Å². The van der Waals surface area contributed by atoms with E-state index in [-0.39, 0.29) is 11.3 Å². The lowest BCUT2D eigenvalue weighted by Crippen LogP contribution is -2.41. The fourth-order valence-corrected chi connectivity index (χ4v) is 2.48. The number of carbonyl (C=O) groups is 2. The van der Waals surface area contributed by atoms with Gasteiger partial charge >= 0.3 is 0 Å². The fourth-order valence-electron chi connectivity index (χ4n) is 2.35. The molecule has 2 N–H and O–H groups in total. The Morgan fingerprint density at radius 2 is 1.69 bits per heavy atom. The summed E-state index contributed by atoms with van der Waals surface area (Å²) < 4.78 is 15.2. The summed E-state index contributed by atoms with van der Waals surface area (Å²) in [5.74, 6) is -1.51. The van der Waals surface area contributed by atoms with E-state index in [1.165, 1.54) is 29.1 Å². The molecule has 0 aliphatic rings. The highest BCUT2D eigenvalue weighted by molar-refractivity contribution is 6.30. The largest absolute Gasteiger partial charge is 0.273 e. The molecule has 0 bridgehead atoms. The van der Waals surface area contributed by atoms with E-state index in [0.29, 0.717) is 16.3 Å². The Morgan fingerprint density at radius 1 is 1.04 bits per heavy atom. The minimum absolute atomic E-state index is 0.213. The van der Waals surface area contributed by atoms with Crippen LogP contribution in [0.15, 0.2) is 54.7 Å². The molecular formula is C18H14ClFN4O2. The first-order chi connectivity index (χ1) is 12.5. The highest BCUT2D eigenvalue weighted by Gasteiger charge is 2.17. The Bertz CT molecular complexity index is 970. The zero-order valence-corrected chi connectivity index (χ0v) is 14.4. The van der Waals surface area contributed by atoms with E-state index in [4.69, 9.17) is 11.6 Å². The number of nitrogens with zero attached hydrogens (tertiary/aromatic N) is 2. The standard InChI is InChI=1S/C18H14ClFN4O2/c1-11-14(10-21-24(11)16-5-3-2-4-15(16)20)18(26)23-22-17(25)12-6-8-13(19)9-7-12/h2-10H,1H3,(H,22,25)(H,23,26). The Hall–Kier alpha value is -3.19. The molecule has 0 aliphatic heterocycles. The minimum atomic E-state index is -0.563. The molecule has 132 valence electrons. The summed E-state index contributed by atoms with van der Waals surface area (Å²) in [6.07, 6.45) is 1.31. The van der Waals surface area contributed by atoms with Gasteiger partial charge in [-0.2, -0.15) is 5.10 Å². The predicted molar refractivity (Wildman–Crippen MR) is 94.6 cm³/mol. The van der Waals surface area contributed by atoms with Gasteiger partial charge in [0.15, 0.2) is 0 Å². The molecule has 0 atom stereocenters. The molecule has 0 aliphatic carbocycles. The molecule has 0 saturated heterocycles. The summed E-state index contributed by atoms with van der Waals surface area (Å²) in [7, 11) is 0. The summed E-state index contributed by atoms with van der Waals surface area (Å²) in [6, 6.07) is 12.3. The van der Waals surface area contributed by atoms with Crippen LogP contribution in [0.5, 0.6) is 0 Å². The summed E-state index contributed by atoms with van der Waals surface area (Å²) in [5.41, 5.74) is 5.85. The topological polar surface area (TPSA) is 76.0 Å². The van der Waals surface area contributed by atoms with Crippen LogP contribution in [0.3, 0.4) is 0 Å². The molecule has 0 radical (unpaired) electrons. The molecule has 3 aromatic rings. The molecule has 6 nitrogen and oxygen atoms in total. The van der Waals surface area contributed by atoms with Gasteiger partial charge in [-0.1, -0.05) is 23.7 Å². The summed E-state index contributed by atoms with van der Waals surface area (Å²) in [5, 5.41) is 4.55. The van der Waals surface area contributed by atoms with Crippen LogP contribution in [0.2, 0.25) is 5.02 Å². The SMILES string of the molecule is Cc1c(C(=O)NNC(=O)c2ccc(Cl)cc2)cnn1-c1ccccc1F. The lowest BCUT2D eigenvalue weighted by molar-refractivity contribution is 0.0846. The number of hydrogen-bond acceptors (Lipinski definition) is 3. The third kappa shape index (κ3) is 3.57. The third-order valence-corrected chi connectivity index (χ3v) is 3.98. The molecule has 8 heteroatoms. The minimum Gasteiger partial charge on any atom is -0.267 e. The predicted octanol–water partition coefficient (Wildman–Crippen LogP) is 3.05. The van der Waals surface area contributed by atoms with E-state index in [2.05, 4.69) is 16.0 Å². The molecular weight excluding hydrogens is 359 g/mol. The number of benzene rings is 2. The fraction of sp³-hybridized carbons (Fsp3) is 0.0556. The van der Waals surface area contributed by atoms with Crippen molar-refractivity contribution < 1.29 is 14.0 Å². The monoisotopic (exact) mass is 372 g/mol. The van der Waals surface area contributed by atoms with E-state index in [1.807, 2.05) is 0 Å². The van der Waals surface area contributed by atoms with Gasteiger partial charge in [0.25, 0.3) is 11.8 Å². The summed E-state index contributed by atoms with van der Waals surface area (Å²) in [4.78, 5) is 24.3. The van der Waals surface area contributed by atoms with E-state index < -0.39 is 17.6 Å². The molecule has 1 aromatic heterocycles. The second-order valence-electron chi connectivity index (χ2n) is 5.42. The van der Waals surface area contributed by atoms with Gasteiger partial charge in [-0.3, -0.25) is 20.4 Å². The Balaban J connectivity index is 1.72. The molecule has 3 rings (SSSR count). The number of para-hydroxylation sites is 1. The Morgan fingerprint density at radius 3 is 2.38 bits per heavy atom. The number of carbonyl (C=O) groups excluding carboxylic acids is 2. The smallest absolute Gasteiger partial charge is 0.267 e. The van der Waals surface area contributed by atoms with Crippen LogP contribution in [0.4, 0.5) is 4.39 Å². The Labute approximate surface area is 153 Å². The molecule has 0 saturated carbocycles. The van der Waals surface area contributed by atoms with Gasteiger partial charge in [0.05, 0.1) is 17.5 Å². The van der Waals surface area contributed by atoms with E-state index in [0.717, 1.165) is 0 Å². The van der Waals surface area contributed by atoms with Crippen molar-refractivity contribution >= 4 is 23.4 Å². The highest BCUT2D eigenvalue weighted by atomic mass is 35.5. The zero-order valence-electron chi connectivity index (χ0n) is 13.7. The molecule has 0 unspecified atom stereocenters. The number of aromatic nitrogens is 2. The van der Waals surface area contributed by atoms with Crippen LogP contribution >= 0.6 is 11.6 Å². The lowest BCUT2D eigenvalue weighted by atomic mass is 10.2. The first-order valence-electron chi connectivity index (χ1n) is 7.63.